The number of aliphatic carboxylic acids is 2. The van der Waals surface area contributed by atoms with Crippen LogP contribution in [0.3, 0.4) is 0 Å². The minimum absolute atomic E-state index is 0.342. The summed E-state index contributed by atoms with van der Waals surface area (Å²) in [6, 6.07) is -1.25. The number of carbonyl (C=O) groups is 2. The molecule has 1 atom stereocenters. The van der Waals surface area contributed by atoms with Crippen molar-refractivity contribution in [3.63, 3.8) is 0 Å². The molecule has 0 aromatic carbocycles. The summed E-state index contributed by atoms with van der Waals surface area (Å²) in [7, 11) is 0. The number of hydrogen-bond acceptors (Lipinski definition) is 5. The highest BCUT2D eigenvalue weighted by molar-refractivity contribution is 5.89. The van der Waals surface area contributed by atoms with Crippen LogP contribution in [0.5, 0.6) is 0 Å². The zero-order chi connectivity index (χ0) is 13.5. The first kappa shape index (κ1) is 15.8. The maximum absolute atomic E-state index is 11.4. The second-order valence-corrected chi connectivity index (χ2v) is 3.50. The standard InChI is InChI=1S/C10H21N3O4/c1-4-11-7(8(14)15)10(9(16)17,12-5-2)13-6-3/h7,11-13H,4-6H2,1-3H3,(H,14,15)(H,16,17). The van der Waals surface area contributed by atoms with Crippen LogP contribution in [0.15, 0.2) is 0 Å². The molecular weight excluding hydrogens is 226 g/mol. The van der Waals surface area contributed by atoms with E-state index in [0.29, 0.717) is 19.6 Å². The predicted octanol–water partition coefficient (Wildman–Crippen LogP) is -0.951. The number of hydrogen-bond donors (Lipinski definition) is 5. The maximum Gasteiger partial charge on any atom is 0.341 e. The van der Waals surface area contributed by atoms with Gasteiger partial charge in [-0.25, -0.2) is 4.79 Å². The molecule has 0 aromatic heterocycles. The Bertz CT molecular complexity index is 264. The fourth-order valence-corrected chi connectivity index (χ4v) is 1.73. The molecule has 0 amide bonds. The smallest absolute Gasteiger partial charge is 0.341 e. The minimum atomic E-state index is -1.70. The lowest BCUT2D eigenvalue weighted by atomic mass is 9.99. The monoisotopic (exact) mass is 247 g/mol. The second kappa shape index (κ2) is 7.21. The molecule has 0 aliphatic heterocycles. The van der Waals surface area contributed by atoms with Crippen molar-refractivity contribution in [1.82, 2.24) is 16.0 Å². The van der Waals surface area contributed by atoms with Gasteiger partial charge in [0.2, 0.25) is 0 Å². The highest BCUT2D eigenvalue weighted by Gasteiger charge is 2.48. The van der Waals surface area contributed by atoms with Crippen LogP contribution in [0.1, 0.15) is 20.8 Å². The molecule has 0 fully saturated rings. The summed E-state index contributed by atoms with van der Waals surface area (Å²) >= 11 is 0. The van der Waals surface area contributed by atoms with Gasteiger partial charge in [0, 0.05) is 0 Å². The average Bonchev–Trinajstić information content (AvgIpc) is 2.24. The topological polar surface area (TPSA) is 111 Å². The summed E-state index contributed by atoms with van der Waals surface area (Å²) in [4.78, 5) is 22.6. The van der Waals surface area contributed by atoms with E-state index in [4.69, 9.17) is 5.11 Å². The van der Waals surface area contributed by atoms with Gasteiger partial charge in [-0.3, -0.25) is 15.4 Å². The van der Waals surface area contributed by atoms with E-state index in [9.17, 15) is 14.7 Å². The number of rotatable bonds is 9. The second-order valence-electron chi connectivity index (χ2n) is 3.50. The Kier molecular flexibility index (Phi) is 6.71. The maximum atomic E-state index is 11.4. The SMILES string of the molecule is CCNC(C(=O)O)C(NCC)(NCC)C(=O)O. The zero-order valence-corrected chi connectivity index (χ0v) is 10.4. The normalized spacial score (nSPS) is 13.4. The zero-order valence-electron chi connectivity index (χ0n) is 10.4. The quantitative estimate of drug-likeness (QED) is 0.334. The van der Waals surface area contributed by atoms with Crippen LogP contribution < -0.4 is 16.0 Å². The molecule has 1 unspecified atom stereocenters. The molecule has 100 valence electrons. The van der Waals surface area contributed by atoms with Crippen LogP contribution in [0, 0.1) is 0 Å². The Balaban J connectivity index is 5.32. The van der Waals surface area contributed by atoms with Gasteiger partial charge in [-0.1, -0.05) is 20.8 Å². The van der Waals surface area contributed by atoms with E-state index in [1.54, 1.807) is 20.8 Å². The first-order chi connectivity index (χ1) is 7.96. The summed E-state index contributed by atoms with van der Waals surface area (Å²) in [6.45, 7) is 6.21. The van der Waals surface area contributed by atoms with E-state index in [-0.39, 0.29) is 0 Å². The molecule has 0 spiro atoms. The van der Waals surface area contributed by atoms with Gasteiger partial charge in [0.05, 0.1) is 0 Å². The van der Waals surface area contributed by atoms with Gasteiger partial charge in [0.15, 0.2) is 5.66 Å². The molecule has 0 aliphatic carbocycles. The van der Waals surface area contributed by atoms with Crippen LogP contribution >= 0.6 is 0 Å². The Hall–Kier alpha value is -1.18. The van der Waals surface area contributed by atoms with Crippen LogP contribution in [0.4, 0.5) is 0 Å². The van der Waals surface area contributed by atoms with E-state index in [2.05, 4.69) is 16.0 Å². The van der Waals surface area contributed by atoms with Crippen LogP contribution in [-0.4, -0.2) is 53.5 Å². The summed E-state index contributed by atoms with van der Waals surface area (Å²) in [5.74, 6) is -2.45. The first-order valence-corrected chi connectivity index (χ1v) is 5.65. The lowest BCUT2D eigenvalue weighted by Gasteiger charge is -2.36. The summed E-state index contributed by atoms with van der Waals surface area (Å²) in [5, 5.41) is 26.5. The molecule has 0 saturated carbocycles. The predicted molar refractivity (Wildman–Crippen MR) is 62.8 cm³/mol. The van der Waals surface area contributed by atoms with Crippen molar-refractivity contribution < 1.29 is 19.8 Å². The Morgan fingerprint density at radius 1 is 1.06 bits per heavy atom. The lowest BCUT2D eigenvalue weighted by molar-refractivity contribution is -0.156. The Morgan fingerprint density at radius 3 is 1.76 bits per heavy atom. The molecule has 0 aliphatic rings. The average molecular weight is 247 g/mol. The number of likely N-dealkylation sites (N-methyl/N-ethyl adjacent to an activating group) is 3. The van der Waals surface area contributed by atoms with Crippen molar-refractivity contribution in [2.45, 2.75) is 32.5 Å². The van der Waals surface area contributed by atoms with Crippen molar-refractivity contribution in [1.29, 1.82) is 0 Å². The van der Waals surface area contributed by atoms with Gasteiger partial charge < -0.3 is 15.5 Å². The van der Waals surface area contributed by atoms with Gasteiger partial charge in [0.1, 0.15) is 6.04 Å². The van der Waals surface area contributed by atoms with E-state index < -0.39 is 23.6 Å². The van der Waals surface area contributed by atoms with Crippen molar-refractivity contribution in [2.75, 3.05) is 19.6 Å². The van der Waals surface area contributed by atoms with Gasteiger partial charge in [-0.05, 0) is 19.6 Å². The number of carboxylic acid groups (broad SMARTS) is 2. The minimum Gasteiger partial charge on any atom is -0.480 e. The highest BCUT2D eigenvalue weighted by atomic mass is 16.4. The fraction of sp³-hybridized carbons (Fsp3) is 0.800. The molecule has 17 heavy (non-hydrogen) atoms. The van der Waals surface area contributed by atoms with E-state index in [1.165, 1.54) is 0 Å². The summed E-state index contributed by atoms with van der Waals surface area (Å²) in [6.07, 6.45) is 0. The summed E-state index contributed by atoms with van der Waals surface area (Å²) in [5.41, 5.74) is -1.70. The Morgan fingerprint density at radius 2 is 1.53 bits per heavy atom. The highest BCUT2D eigenvalue weighted by Crippen LogP contribution is 2.09. The fourth-order valence-electron chi connectivity index (χ4n) is 1.73. The van der Waals surface area contributed by atoms with Crippen LogP contribution in [-0.2, 0) is 9.59 Å². The van der Waals surface area contributed by atoms with Crippen molar-refractivity contribution in [2.24, 2.45) is 0 Å². The lowest BCUT2D eigenvalue weighted by Crippen LogP contribution is -2.74. The van der Waals surface area contributed by atoms with Crippen molar-refractivity contribution >= 4 is 11.9 Å². The molecule has 0 bridgehead atoms. The van der Waals surface area contributed by atoms with Gasteiger partial charge in [0.25, 0.3) is 0 Å². The third kappa shape index (κ3) is 3.65. The van der Waals surface area contributed by atoms with Gasteiger partial charge in [-0.15, -0.1) is 0 Å². The molecule has 0 radical (unpaired) electrons. The first-order valence-electron chi connectivity index (χ1n) is 5.65. The number of nitrogens with one attached hydrogen (secondary N) is 3. The van der Waals surface area contributed by atoms with Gasteiger partial charge >= 0.3 is 11.9 Å². The molecule has 7 heteroatoms. The van der Waals surface area contributed by atoms with Crippen molar-refractivity contribution in [3.8, 4) is 0 Å². The Labute approximate surface area is 101 Å². The molecule has 0 saturated heterocycles. The molecule has 5 N–H and O–H groups in total. The largest absolute Gasteiger partial charge is 0.480 e. The number of carboxylic acids is 2. The molecule has 0 heterocycles. The molecule has 7 nitrogen and oxygen atoms in total. The van der Waals surface area contributed by atoms with Crippen molar-refractivity contribution in [3.05, 3.63) is 0 Å². The third-order valence-corrected chi connectivity index (χ3v) is 2.34. The van der Waals surface area contributed by atoms with Gasteiger partial charge in [-0.2, -0.15) is 0 Å². The van der Waals surface area contributed by atoms with Crippen LogP contribution in [0.2, 0.25) is 0 Å². The molecule has 0 rings (SSSR count). The van der Waals surface area contributed by atoms with E-state index in [0.717, 1.165) is 0 Å². The van der Waals surface area contributed by atoms with E-state index >= 15 is 0 Å². The molecule has 0 aromatic rings. The van der Waals surface area contributed by atoms with E-state index in [1.807, 2.05) is 0 Å². The molecular formula is C10H21N3O4. The summed E-state index contributed by atoms with van der Waals surface area (Å²) < 4.78 is 0. The third-order valence-electron chi connectivity index (χ3n) is 2.34. The van der Waals surface area contributed by atoms with Crippen LogP contribution in [0.25, 0.3) is 0 Å².